The van der Waals surface area contributed by atoms with E-state index in [4.69, 9.17) is 18.8 Å². The van der Waals surface area contributed by atoms with Gasteiger partial charge in [-0.1, -0.05) is 5.16 Å². The highest BCUT2D eigenvalue weighted by atomic mass is 16.5. The van der Waals surface area contributed by atoms with Crippen LogP contribution in [0.3, 0.4) is 0 Å². The number of carboxylic acid groups (broad SMARTS) is 1. The van der Waals surface area contributed by atoms with E-state index in [-0.39, 0.29) is 25.3 Å². The number of amides is 1. The number of hydrogen-bond donors (Lipinski definition) is 2. The van der Waals surface area contributed by atoms with Crippen molar-refractivity contribution in [3.63, 3.8) is 0 Å². The Labute approximate surface area is 131 Å². The van der Waals surface area contributed by atoms with Crippen LogP contribution in [0.4, 0.5) is 0 Å². The van der Waals surface area contributed by atoms with E-state index < -0.39 is 17.4 Å². The molecule has 0 aliphatic carbocycles. The van der Waals surface area contributed by atoms with Gasteiger partial charge in [0.05, 0.1) is 18.4 Å². The van der Waals surface area contributed by atoms with Crippen molar-refractivity contribution in [2.45, 2.75) is 25.3 Å². The lowest BCUT2D eigenvalue weighted by Crippen LogP contribution is -2.55. The summed E-state index contributed by atoms with van der Waals surface area (Å²) >= 11 is 0. The number of hydrogen-bond acceptors (Lipinski definition) is 7. The maximum atomic E-state index is 11.9. The zero-order chi connectivity index (χ0) is 16.9. The fourth-order valence-corrected chi connectivity index (χ4v) is 1.90. The Morgan fingerprint density at radius 1 is 1.48 bits per heavy atom. The van der Waals surface area contributed by atoms with Gasteiger partial charge in [0.25, 0.3) is 0 Å². The maximum absolute atomic E-state index is 11.9. The van der Waals surface area contributed by atoms with Crippen molar-refractivity contribution in [3.8, 4) is 11.4 Å². The molecule has 0 radical (unpaired) electrons. The van der Waals surface area contributed by atoms with E-state index in [2.05, 4.69) is 15.5 Å². The fraction of sp³-hybridized carbons (Fsp3) is 0.429. The van der Waals surface area contributed by atoms with E-state index in [0.717, 1.165) is 0 Å². The molecule has 0 aliphatic heterocycles. The molecule has 0 aromatic carbocycles. The molecule has 1 amide bonds. The number of carboxylic acids is 1. The molecule has 2 aromatic heterocycles. The van der Waals surface area contributed by atoms with Crippen molar-refractivity contribution in [1.82, 2.24) is 15.5 Å². The van der Waals surface area contributed by atoms with Crippen LogP contribution < -0.4 is 5.32 Å². The molecular weight excluding hydrogens is 306 g/mol. The molecule has 2 N–H and O–H groups in total. The summed E-state index contributed by atoms with van der Waals surface area (Å²) in [5.74, 6) is -0.980. The number of aromatic nitrogens is 2. The molecule has 2 heterocycles. The highest BCUT2D eigenvalue weighted by molar-refractivity contribution is 5.86. The predicted molar refractivity (Wildman–Crippen MR) is 76.4 cm³/mol. The van der Waals surface area contributed by atoms with E-state index in [1.54, 1.807) is 6.07 Å². The normalized spacial score (nSPS) is 13.5. The van der Waals surface area contributed by atoms with Crippen molar-refractivity contribution in [2.24, 2.45) is 0 Å². The smallest absolute Gasteiger partial charge is 0.331 e. The van der Waals surface area contributed by atoms with Crippen LogP contribution in [0.1, 0.15) is 19.2 Å². The topological polar surface area (TPSA) is 128 Å². The third kappa shape index (κ3) is 4.16. The summed E-state index contributed by atoms with van der Waals surface area (Å²) in [5, 5.41) is 15.4. The first kappa shape index (κ1) is 16.7. The minimum Gasteiger partial charge on any atom is -0.479 e. The van der Waals surface area contributed by atoms with Gasteiger partial charge in [-0.25, -0.2) is 4.79 Å². The molecule has 1 atom stereocenters. The number of nitrogens with one attached hydrogen (secondary N) is 1. The summed E-state index contributed by atoms with van der Waals surface area (Å²) < 4.78 is 14.8. The van der Waals surface area contributed by atoms with E-state index in [0.29, 0.717) is 11.4 Å². The highest BCUT2D eigenvalue weighted by Gasteiger charge is 2.34. The summed E-state index contributed by atoms with van der Waals surface area (Å²) in [7, 11) is 1.36. The number of nitrogens with zero attached hydrogens (tertiary/aromatic N) is 2. The maximum Gasteiger partial charge on any atom is 0.331 e. The van der Waals surface area contributed by atoms with Crippen LogP contribution in [0.2, 0.25) is 0 Å². The van der Waals surface area contributed by atoms with Gasteiger partial charge in [-0.15, -0.1) is 0 Å². The molecular formula is C14H17N3O6. The van der Waals surface area contributed by atoms with Gasteiger partial charge in [0.1, 0.15) is 6.26 Å². The van der Waals surface area contributed by atoms with Gasteiger partial charge in [-0.2, -0.15) is 4.98 Å². The van der Waals surface area contributed by atoms with Crippen molar-refractivity contribution in [1.29, 1.82) is 0 Å². The number of rotatable bonds is 8. The molecule has 9 heteroatoms. The summed E-state index contributed by atoms with van der Waals surface area (Å²) in [6.45, 7) is 1.24. The molecule has 0 bridgehead atoms. The molecule has 2 rings (SSSR count). The van der Waals surface area contributed by atoms with Gasteiger partial charge >= 0.3 is 5.97 Å². The van der Waals surface area contributed by atoms with Crippen LogP contribution in [0.15, 0.2) is 27.5 Å². The fourth-order valence-electron chi connectivity index (χ4n) is 1.90. The standard InChI is InChI=1S/C14H17N3O6/c1-14(8-21-2,13(19)20)16-10(18)3-4-11-15-12(17-23-11)9-5-6-22-7-9/h5-7H,3-4,8H2,1-2H3,(H,16,18)(H,19,20). The Morgan fingerprint density at radius 3 is 2.87 bits per heavy atom. The molecule has 23 heavy (non-hydrogen) atoms. The number of carbonyl (C=O) groups excluding carboxylic acids is 1. The van der Waals surface area contributed by atoms with Crippen molar-refractivity contribution < 1.29 is 28.4 Å². The second-order valence-electron chi connectivity index (χ2n) is 5.14. The Bertz CT molecular complexity index is 666. The number of aryl methyl sites for hydroxylation is 1. The molecule has 0 saturated carbocycles. The number of furan rings is 1. The summed E-state index contributed by atoms with van der Waals surface area (Å²) in [4.78, 5) is 27.3. The summed E-state index contributed by atoms with van der Waals surface area (Å²) in [6.07, 6.45) is 3.17. The first-order chi connectivity index (χ1) is 10.9. The zero-order valence-electron chi connectivity index (χ0n) is 12.7. The Balaban J connectivity index is 1.90. The van der Waals surface area contributed by atoms with Gasteiger partial charge in [0.15, 0.2) is 5.54 Å². The average Bonchev–Trinajstić information content (AvgIpc) is 3.16. The van der Waals surface area contributed by atoms with Crippen molar-refractivity contribution in [3.05, 3.63) is 24.5 Å². The van der Waals surface area contributed by atoms with Crippen LogP contribution >= 0.6 is 0 Å². The van der Waals surface area contributed by atoms with Gasteiger partial charge < -0.3 is 24.1 Å². The van der Waals surface area contributed by atoms with E-state index in [9.17, 15) is 9.59 Å². The number of aliphatic carboxylic acids is 1. The molecule has 1 unspecified atom stereocenters. The molecule has 0 saturated heterocycles. The Kier molecular flexibility index (Phi) is 5.12. The first-order valence-corrected chi connectivity index (χ1v) is 6.83. The first-order valence-electron chi connectivity index (χ1n) is 6.83. The number of ether oxygens (including phenoxy) is 1. The van der Waals surface area contributed by atoms with Crippen LogP contribution in [0.5, 0.6) is 0 Å². The minimum absolute atomic E-state index is 0.0135. The highest BCUT2D eigenvalue weighted by Crippen LogP contribution is 2.16. The van der Waals surface area contributed by atoms with Crippen LogP contribution in [0, 0.1) is 0 Å². The van der Waals surface area contributed by atoms with Gasteiger partial charge in [0, 0.05) is 20.0 Å². The lowest BCUT2D eigenvalue weighted by atomic mass is 10.0. The minimum atomic E-state index is -1.48. The van der Waals surface area contributed by atoms with Gasteiger partial charge in [-0.3, -0.25) is 4.79 Å². The van der Waals surface area contributed by atoms with Crippen LogP contribution in [-0.2, 0) is 20.7 Å². The van der Waals surface area contributed by atoms with E-state index in [1.807, 2.05) is 0 Å². The molecule has 0 aliphatic rings. The molecule has 0 spiro atoms. The van der Waals surface area contributed by atoms with Crippen LogP contribution in [0.25, 0.3) is 11.4 Å². The largest absolute Gasteiger partial charge is 0.479 e. The molecule has 2 aromatic rings. The zero-order valence-corrected chi connectivity index (χ0v) is 12.7. The Hall–Kier alpha value is -2.68. The molecule has 0 fully saturated rings. The second kappa shape index (κ2) is 7.05. The average molecular weight is 323 g/mol. The van der Waals surface area contributed by atoms with Gasteiger partial charge in [0.2, 0.25) is 17.6 Å². The van der Waals surface area contributed by atoms with E-state index in [1.165, 1.54) is 26.6 Å². The van der Waals surface area contributed by atoms with Crippen molar-refractivity contribution in [2.75, 3.05) is 13.7 Å². The lowest BCUT2D eigenvalue weighted by molar-refractivity contribution is -0.149. The number of methoxy groups -OCH3 is 1. The third-order valence-corrected chi connectivity index (χ3v) is 3.13. The monoisotopic (exact) mass is 323 g/mol. The number of carbonyl (C=O) groups is 2. The predicted octanol–water partition coefficient (Wildman–Crippen LogP) is 0.868. The lowest BCUT2D eigenvalue weighted by Gasteiger charge is -2.25. The third-order valence-electron chi connectivity index (χ3n) is 3.13. The molecule has 9 nitrogen and oxygen atoms in total. The van der Waals surface area contributed by atoms with Crippen molar-refractivity contribution >= 4 is 11.9 Å². The quantitative estimate of drug-likeness (QED) is 0.732. The SMILES string of the molecule is COCC(C)(NC(=O)CCc1nc(-c2ccoc2)no1)C(=O)O. The Morgan fingerprint density at radius 2 is 2.26 bits per heavy atom. The second-order valence-corrected chi connectivity index (χ2v) is 5.14. The van der Waals surface area contributed by atoms with E-state index >= 15 is 0 Å². The van der Waals surface area contributed by atoms with Gasteiger partial charge in [-0.05, 0) is 13.0 Å². The molecule has 124 valence electrons. The van der Waals surface area contributed by atoms with Crippen LogP contribution in [-0.4, -0.2) is 46.4 Å². The summed E-state index contributed by atoms with van der Waals surface area (Å²) in [5.41, 5.74) is -0.814. The summed E-state index contributed by atoms with van der Waals surface area (Å²) in [6, 6.07) is 1.68.